The molecule has 0 saturated carbocycles. The third-order valence-corrected chi connectivity index (χ3v) is 4.62. The number of rotatable bonds is 11. The molecule has 0 saturated heterocycles. The van der Waals surface area contributed by atoms with Crippen molar-refractivity contribution in [3.63, 3.8) is 0 Å². The highest BCUT2D eigenvalue weighted by atomic mass is 16.4. The highest BCUT2D eigenvalue weighted by molar-refractivity contribution is 5.75. The third-order valence-electron chi connectivity index (χ3n) is 4.62. The fourth-order valence-electron chi connectivity index (χ4n) is 3.25. The fraction of sp³-hybridized carbons (Fsp3) is 0.579. The maximum absolute atomic E-state index is 12.0. The molecule has 0 amide bonds. The molecule has 0 bridgehead atoms. The van der Waals surface area contributed by atoms with Crippen LogP contribution in [0.3, 0.4) is 0 Å². The van der Waals surface area contributed by atoms with Gasteiger partial charge in [0, 0.05) is 0 Å². The number of aliphatic carboxylic acids is 2. The minimum absolute atomic E-state index is 0.375. The Morgan fingerprint density at radius 3 is 2.22 bits per heavy atom. The van der Waals surface area contributed by atoms with E-state index < -0.39 is 17.4 Å². The van der Waals surface area contributed by atoms with Crippen molar-refractivity contribution in [3.05, 3.63) is 35.9 Å². The Balaban J connectivity index is 2.82. The van der Waals surface area contributed by atoms with E-state index in [9.17, 15) is 14.7 Å². The van der Waals surface area contributed by atoms with E-state index in [4.69, 9.17) is 5.11 Å². The van der Waals surface area contributed by atoms with Gasteiger partial charge in [0.05, 0.1) is 11.3 Å². The number of carboxylic acids is 2. The minimum atomic E-state index is -0.799. The zero-order chi connectivity index (χ0) is 17.3. The van der Waals surface area contributed by atoms with Crippen molar-refractivity contribution in [1.29, 1.82) is 0 Å². The molecule has 0 aliphatic heterocycles. The Hall–Kier alpha value is -1.84. The fourth-order valence-corrected chi connectivity index (χ4v) is 3.25. The maximum Gasteiger partial charge on any atom is 0.309 e. The first kappa shape index (κ1) is 19.2. The molecule has 0 spiro atoms. The molecule has 0 heterocycles. The Morgan fingerprint density at radius 2 is 1.74 bits per heavy atom. The Bertz CT molecular complexity index is 497. The van der Waals surface area contributed by atoms with E-state index in [1.807, 2.05) is 44.2 Å². The molecule has 4 nitrogen and oxygen atoms in total. The van der Waals surface area contributed by atoms with E-state index in [-0.39, 0.29) is 5.92 Å². The topological polar surface area (TPSA) is 74.6 Å². The van der Waals surface area contributed by atoms with Gasteiger partial charge in [-0.3, -0.25) is 9.59 Å². The number of carbonyl (C=O) groups is 2. The molecule has 4 heteroatoms. The lowest BCUT2D eigenvalue weighted by Crippen LogP contribution is -2.33. The van der Waals surface area contributed by atoms with Crippen LogP contribution in [-0.4, -0.2) is 22.2 Å². The molecule has 128 valence electrons. The molecule has 2 unspecified atom stereocenters. The van der Waals surface area contributed by atoms with Crippen molar-refractivity contribution in [1.82, 2.24) is 0 Å². The quantitative estimate of drug-likeness (QED) is 0.634. The van der Waals surface area contributed by atoms with E-state index in [1.54, 1.807) is 0 Å². The predicted octanol–water partition coefficient (Wildman–Crippen LogP) is 4.38. The minimum Gasteiger partial charge on any atom is -0.481 e. The van der Waals surface area contributed by atoms with Crippen LogP contribution in [0.2, 0.25) is 0 Å². The lowest BCUT2D eigenvalue weighted by Gasteiger charge is -2.30. The molecule has 0 aliphatic carbocycles. The van der Waals surface area contributed by atoms with Gasteiger partial charge in [0.2, 0.25) is 0 Å². The van der Waals surface area contributed by atoms with Gasteiger partial charge >= 0.3 is 11.9 Å². The van der Waals surface area contributed by atoms with E-state index in [2.05, 4.69) is 0 Å². The average molecular weight is 320 g/mol. The van der Waals surface area contributed by atoms with Crippen LogP contribution in [0, 0.1) is 11.3 Å². The second-order valence-electron chi connectivity index (χ2n) is 6.33. The van der Waals surface area contributed by atoms with Gasteiger partial charge < -0.3 is 10.2 Å². The van der Waals surface area contributed by atoms with Gasteiger partial charge in [0.25, 0.3) is 0 Å². The van der Waals surface area contributed by atoms with Crippen molar-refractivity contribution in [3.8, 4) is 0 Å². The monoisotopic (exact) mass is 320 g/mol. The number of hydrogen-bond acceptors (Lipinski definition) is 2. The Morgan fingerprint density at radius 1 is 1.09 bits per heavy atom. The molecule has 23 heavy (non-hydrogen) atoms. The largest absolute Gasteiger partial charge is 0.481 e. The van der Waals surface area contributed by atoms with Crippen LogP contribution in [0.1, 0.15) is 57.9 Å². The van der Waals surface area contributed by atoms with Gasteiger partial charge in [-0.1, -0.05) is 57.0 Å². The molecule has 2 N–H and O–H groups in total. The summed E-state index contributed by atoms with van der Waals surface area (Å²) >= 11 is 0. The number of hydrogen-bond donors (Lipinski definition) is 2. The van der Waals surface area contributed by atoms with Gasteiger partial charge in [0.1, 0.15) is 0 Å². The molecule has 1 rings (SSSR count). The van der Waals surface area contributed by atoms with Crippen LogP contribution in [0.25, 0.3) is 0 Å². The van der Waals surface area contributed by atoms with Gasteiger partial charge in [-0.15, -0.1) is 0 Å². The molecular weight excluding hydrogens is 292 g/mol. The molecular formula is C19H28O4. The molecule has 0 aliphatic rings. The maximum atomic E-state index is 12.0. The molecule has 1 aromatic carbocycles. The van der Waals surface area contributed by atoms with Gasteiger partial charge in [-0.05, 0) is 37.7 Å². The van der Waals surface area contributed by atoms with Crippen molar-refractivity contribution in [2.75, 3.05) is 0 Å². The SMILES string of the molecule is CCCC(CCCC(CC)C(=O)O)(Cc1ccccc1)C(=O)O. The highest BCUT2D eigenvalue weighted by Crippen LogP contribution is 2.35. The van der Waals surface area contributed by atoms with Crippen molar-refractivity contribution in [2.24, 2.45) is 11.3 Å². The lowest BCUT2D eigenvalue weighted by atomic mass is 9.73. The summed E-state index contributed by atoms with van der Waals surface area (Å²) < 4.78 is 0. The summed E-state index contributed by atoms with van der Waals surface area (Å²) in [5.41, 5.74) is 0.223. The van der Waals surface area contributed by atoms with Crippen LogP contribution in [0.4, 0.5) is 0 Å². The van der Waals surface area contributed by atoms with Crippen molar-refractivity contribution in [2.45, 2.75) is 58.8 Å². The summed E-state index contributed by atoms with van der Waals surface area (Å²) in [6.07, 6.45) is 4.19. The summed E-state index contributed by atoms with van der Waals surface area (Å²) in [5.74, 6) is -1.93. The molecule has 0 fully saturated rings. The lowest BCUT2D eigenvalue weighted by molar-refractivity contribution is -0.150. The Kier molecular flexibility index (Phi) is 7.79. The average Bonchev–Trinajstić information content (AvgIpc) is 2.52. The second-order valence-corrected chi connectivity index (χ2v) is 6.33. The summed E-state index contributed by atoms with van der Waals surface area (Å²) in [4.78, 5) is 23.1. The van der Waals surface area contributed by atoms with Crippen molar-refractivity contribution < 1.29 is 19.8 Å². The molecule has 0 aromatic heterocycles. The van der Waals surface area contributed by atoms with Crippen LogP contribution in [0.15, 0.2) is 30.3 Å². The first-order valence-electron chi connectivity index (χ1n) is 8.45. The standard InChI is InChI=1S/C19H28O4/c1-3-12-19(18(22)23,14-15-9-6-5-7-10-15)13-8-11-16(4-2)17(20)21/h5-7,9-10,16H,3-4,8,11-14H2,1-2H3,(H,20,21)(H,22,23). The zero-order valence-corrected chi connectivity index (χ0v) is 14.1. The third kappa shape index (κ3) is 5.70. The first-order chi connectivity index (χ1) is 10.9. The number of benzene rings is 1. The first-order valence-corrected chi connectivity index (χ1v) is 8.45. The van der Waals surface area contributed by atoms with Crippen LogP contribution >= 0.6 is 0 Å². The van der Waals surface area contributed by atoms with Crippen LogP contribution < -0.4 is 0 Å². The van der Waals surface area contributed by atoms with E-state index in [0.717, 1.165) is 12.0 Å². The highest BCUT2D eigenvalue weighted by Gasteiger charge is 2.37. The Labute approximate surface area is 138 Å². The molecule has 2 atom stereocenters. The van der Waals surface area contributed by atoms with Crippen LogP contribution in [-0.2, 0) is 16.0 Å². The number of carboxylic acid groups (broad SMARTS) is 2. The summed E-state index contributed by atoms with van der Waals surface area (Å²) in [5, 5.41) is 19.0. The van der Waals surface area contributed by atoms with E-state index >= 15 is 0 Å². The van der Waals surface area contributed by atoms with Crippen molar-refractivity contribution >= 4 is 11.9 Å². The van der Waals surface area contributed by atoms with Gasteiger partial charge in [-0.2, -0.15) is 0 Å². The zero-order valence-electron chi connectivity index (χ0n) is 14.1. The second kappa shape index (κ2) is 9.33. The normalized spacial score (nSPS) is 14.9. The van der Waals surface area contributed by atoms with Crippen LogP contribution in [0.5, 0.6) is 0 Å². The summed E-state index contributed by atoms with van der Waals surface area (Å²) in [7, 11) is 0. The van der Waals surface area contributed by atoms with E-state index in [1.165, 1.54) is 0 Å². The summed E-state index contributed by atoms with van der Waals surface area (Å²) in [6.45, 7) is 3.86. The van der Waals surface area contributed by atoms with Gasteiger partial charge in [-0.25, -0.2) is 0 Å². The summed E-state index contributed by atoms with van der Waals surface area (Å²) in [6, 6.07) is 9.68. The van der Waals surface area contributed by atoms with Gasteiger partial charge in [0.15, 0.2) is 0 Å². The van der Waals surface area contributed by atoms with E-state index in [0.29, 0.717) is 38.5 Å². The molecule has 0 radical (unpaired) electrons. The molecule has 1 aromatic rings. The predicted molar refractivity (Wildman–Crippen MR) is 90.4 cm³/mol. The smallest absolute Gasteiger partial charge is 0.309 e.